The van der Waals surface area contributed by atoms with Gasteiger partial charge in [0, 0.05) is 12.4 Å². The summed E-state index contributed by atoms with van der Waals surface area (Å²) in [6.45, 7) is 0. The average molecular weight is 155 g/mol. The summed E-state index contributed by atoms with van der Waals surface area (Å²) in [7, 11) is 1.97. The fourth-order valence-corrected chi connectivity index (χ4v) is 1.05. The first-order chi connectivity index (χ1) is 5.95. The summed E-state index contributed by atoms with van der Waals surface area (Å²) in [6.07, 6.45) is 3.67. The monoisotopic (exact) mass is 155 g/mol. The third kappa shape index (κ3) is 1.56. The quantitative estimate of drug-likeness (QED) is 0.583. The van der Waals surface area contributed by atoms with Crippen molar-refractivity contribution in [2.24, 2.45) is 0 Å². The number of hydrogen-bond acceptors (Lipinski definition) is 1. The first kappa shape index (κ1) is 7.16. The highest BCUT2D eigenvalue weighted by molar-refractivity contribution is 6.51. The van der Waals surface area contributed by atoms with Gasteiger partial charge >= 0.3 is 7.41 Å². The molecule has 0 atom stereocenters. The molecule has 0 saturated heterocycles. The van der Waals surface area contributed by atoms with Gasteiger partial charge in [0.25, 0.3) is 0 Å². The smallest absolute Gasteiger partial charge is 0.316 e. The summed E-state index contributed by atoms with van der Waals surface area (Å²) in [5, 5.41) is 4.07. The molecule has 2 nitrogen and oxygen atoms in total. The van der Waals surface area contributed by atoms with Crippen molar-refractivity contribution in [2.45, 2.75) is 0 Å². The Morgan fingerprint density at radius 1 is 1.08 bits per heavy atom. The van der Waals surface area contributed by atoms with Crippen molar-refractivity contribution in [1.29, 1.82) is 0 Å². The van der Waals surface area contributed by atoms with Gasteiger partial charge in [-0.3, -0.25) is 0 Å². The Morgan fingerprint density at radius 3 is 2.58 bits per heavy atom. The number of nitrogens with zero attached hydrogens (tertiary/aromatic N) is 2. The van der Waals surface area contributed by atoms with Gasteiger partial charge in [0.1, 0.15) is 0 Å². The van der Waals surface area contributed by atoms with Crippen LogP contribution in [0.2, 0.25) is 0 Å². The Labute approximate surface area is 72.1 Å². The molecule has 0 saturated carbocycles. The van der Waals surface area contributed by atoms with Gasteiger partial charge in [-0.25, -0.2) is 0 Å². The standard InChI is InChI=1S/C9H8BN2/c1-2-5-9(6-3-1)10-12-8-4-7-11-12/h1-8H. The van der Waals surface area contributed by atoms with Crippen LogP contribution in [0, 0.1) is 0 Å². The van der Waals surface area contributed by atoms with Gasteiger partial charge < -0.3 is 4.59 Å². The molecule has 2 aromatic rings. The lowest BCUT2D eigenvalue weighted by molar-refractivity contribution is 0.982. The Bertz CT molecular complexity index is 329. The van der Waals surface area contributed by atoms with Crippen molar-refractivity contribution < 1.29 is 0 Å². The van der Waals surface area contributed by atoms with Crippen molar-refractivity contribution in [3.63, 3.8) is 0 Å². The molecule has 1 heterocycles. The number of aromatic nitrogens is 2. The third-order valence-corrected chi connectivity index (χ3v) is 1.61. The minimum absolute atomic E-state index is 1.15. The predicted molar refractivity (Wildman–Crippen MR) is 49.5 cm³/mol. The molecule has 1 aromatic carbocycles. The topological polar surface area (TPSA) is 17.8 Å². The first-order valence-electron chi connectivity index (χ1n) is 3.84. The summed E-state index contributed by atoms with van der Waals surface area (Å²) in [4.78, 5) is 0. The largest absolute Gasteiger partial charge is 0.317 e. The minimum atomic E-state index is 1.15. The average Bonchev–Trinajstić information content (AvgIpc) is 2.59. The SMILES string of the molecule is [B](c1ccccc1)n1cccn1. The lowest BCUT2D eigenvalue weighted by Crippen LogP contribution is -2.22. The minimum Gasteiger partial charge on any atom is -0.317 e. The van der Waals surface area contributed by atoms with E-state index < -0.39 is 0 Å². The van der Waals surface area contributed by atoms with Crippen LogP contribution in [0.5, 0.6) is 0 Å². The van der Waals surface area contributed by atoms with E-state index in [0.29, 0.717) is 0 Å². The second kappa shape index (κ2) is 3.26. The molecule has 57 valence electrons. The van der Waals surface area contributed by atoms with E-state index in [9.17, 15) is 0 Å². The van der Waals surface area contributed by atoms with Crippen LogP contribution in [0.4, 0.5) is 0 Å². The lowest BCUT2D eigenvalue weighted by atomic mass is 9.83. The molecule has 0 aliphatic rings. The maximum Gasteiger partial charge on any atom is 0.316 e. The van der Waals surface area contributed by atoms with E-state index in [1.165, 1.54) is 0 Å². The number of rotatable bonds is 2. The zero-order valence-corrected chi connectivity index (χ0v) is 6.59. The molecule has 1 aromatic heterocycles. The molecular weight excluding hydrogens is 147 g/mol. The predicted octanol–water partition coefficient (Wildman–Crippen LogP) is 0.676. The van der Waals surface area contributed by atoms with Crippen molar-refractivity contribution in [1.82, 2.24) is 9.69 Å². The van der Waals surface area contributed by atoms with Crippen LogP contribution in [0.15, 0.2) is 48.8 Å². The molecule has 0 N–H and O–H groups in total. The molecular formula is C9H8BN2. The first-order valence-corrected chi connectivity index (χ1v) is 3.84. The van der Waals surface area contributed by atoms with E-state index in [2.05, 4.69) is 5.10 Å². The van der Waals surface area contributed by atoms with Crippen LogP contribution in [0.1, 0.15) is 0 Å². The fraction of sp³-hybridized carbons (Fsp3) is 0. The maximum atomic E-state index is 4.07. The molecule has 0 aliphatic heterocycles. The van der Waals surface area contributed by atoms with Gasteiger partial charge in [-0.1, -0.05) is 35.8 Å². The number of benzene rings is 1. The van der Waals surface area contributed by atoms with Crippen LogP contribution in [-0.4, -0.2) is 17.1 Å². The molecule has 1 radical (unpaired) electrons. The fourth-order valence-electron chi connectivity index (χ4n) is 1.05. The van der Waals surface area contributed by atoms with Gasteiger partial charge in [-0.15, -0.1) is 0 Å². The highest BCUT2D eigenvalue weighted by atomic mass is 15.2. The van der Waals surface area contributed by atoms with Crippen LogP contribution in [0.3, 0.4) is 0 Å². The molecule has 2 rings (SSSR count). The van der Waals surface area contributed by atoms with E-state index in [0.717, 1.165) is 5.46 Å². The van der Waals surface area contributed by atoms with Crippen LogP contribution in [-0.2, 0) is 0 Å². The van der Waals surface area contributed by atoms with Crippen LogP contribution in [0.25, 0.3) is 0 Å². The summed E-state index contributed by atoms with van der Waals surface area (Å²) in [6, 6.07) is 12.0. The lowest BCUT2D eigenvalue weighted by Gasteiger charge is -1.97. The molecule has 0 aliphatic carbocycles. The normalized spacial score (nSPS) is 9.67. The third-order valence-electron chi connectivity index (χ3n) is 1.61. The molecule has 0 unspecified atom stereocenters. The van der Waals surface area contributed by atoms with Crippen LogP contribution < -0.4 is 5.46 Å². The van der Waals surface area contributed by atoms with Gasteiger partial charge in [-0.05, 0) is 6.07 Å². The molecule has 0 spiro atoms. The van der Waals surface area contributed by atoms with E-state index in [-0.39, 0.29) is 0 Å². The van der Waals surface area contributed by atoms with Crippen molar-refractivity contribution in [3.05, 3.63) is 48.8 Å². The summed E-state index contributed by atoms with van der Waals surface area (Å²) >= 11 is 0. The van der Waals surface area contributed by atoms with Gasteiger partial charge in [0.05, 0.1) is 0 Å². The Hall–Kier alpha value is -1.51. The maximum absolute atomic E-state index is 4.07. The molecule has 12 heavy (non-hydrogen) atoms. The molecule has 3 heteroatoms. The number of hydrogen-bond donors (Lipinski definition) is 0. The van der Waals surface area contributed by atoms with E-state index in [4.69, 9.17) is 0 Å². The van der Waals surface area contributed by atoms with E-state index >= 15 is 0 Å². The Balaban J connectivity index is 2.15. The van der Waals surface area contributed by atoms with Crippen LogP contribution >= 0.6 is 0 Å². The van der Waals surface area contributed by atoms with Gasteiger partial charge in [0.2, 0.25) is 0 Å². The molecule has 0 amide bonds. The van der Waals surface area contributed by atoms with Crippen molar-refractivity contribution in [2.75, 3.05) is 0 Å². The molecule has 0 fully saturated rings. The van der Waals surface area contributed by atoms with Crippen molar-refractivity contribution >= 4 is 12.9 Å². The van der Waals surface area contributed by atoms with Gasteiger partial charge in [-0.2, -0.15) is 5.10 Å². The molecule has 0 bridgehead atoms. The summed E-state index contributed by atoms with van der Waals surface area (Å²) in [5.74, 6) is 0. The highest BCUT2D eigenvalue weighted by Gasteiger charge is 1.95. The van der Waals surface area contributed by atoms with Gasteiger partial charge in [0.15, 0.2) is 0 Å². The Kier molecular flexibility index (Phi) is 1.95. The Morgan fingerprint density at radius 2 is 1.92 bits per heavy atom. The van der Waals surface area contributed by atoms with E-state index in [1.807, 2.05) is 50.0 Å². The zero-order valence-electron chi connectivity index (χ0n) is 6.59. The highest BCUT2D eigenvalue weighted by Crippen LogP contribution is 1.83. The van der Waals surface area contributed by atoms with E-state index in [1.54, 1.807) is 10.8 Å². The van der Waals surface area contributed by atoms with Crippen molar-refractivity contribution in [3.8, 4) is 0 Å². The second-order valence-corrected chi connectivity index (χ2v) is 2.53. The summed E-state index contributed by atoms with van der Waals surface area (Å²) in [5.41, 5.74) is 1.15. The summed E-state index contributed by atoms with van der Waals surface area (Å²) < 4.78 is 1.79. The zero-order chi connectivity index (χ0) is 8.23. The second-order valence-electron chi connectivity index (χ2n) is 2.53.